The van der Waals surface area contributed by atoms with Crippen LogP contribution in [0.15, 0.2) is 29.2 Å². The summed E-state index contributed by atoms with van der Waals surface area (Å²) in [5.41, 5.74) is 2.18. The molecule has 0 atom stereocenters. The van der Waals surface area contributed by atoms with Crippen LogP contribution in [-0.4, -0.2) is 37.2 Å². The van der Waals surface area contributed by atoms with Gasteiger partial charge in [0.2, 0.25) is 0 Å². The molecule has 0 saturated heterocycles. The van der Waals surface area contributed by atoms with E-state index in [1.54, 1.807) is 0 Å². The number of carbonyl (C=O) groups excluding carboxylic acids is 1. The third-order valence-electron chi connectivity index (χ3n) is 5.60. The first-order valence-corrected chi connectivity index (χ1v) is 11.7. The van der Waals surface area contributed by atoms with Crippen LogP contribution in [-0.2, 0) is 32.2 Å². The number of esters is 1. The van der Waals surface area contributed by atoms with Crippen LogP contribution in [0.3, 0.4) is 0 Å². The smallest absolute Gasteiger partial charge is 0.309 e. The summed E-state index contributed by atoms with van der Waals surface area (Å²) in [6.45, 7) is 0. The van der Waals surface area contributed by atoms with Gasteiger partial charge in [0.05, 0.1) is 25.0 Å². The summed E-state index contributed by atoms with van der Waals surface area (Å²) >= 11 is 0. The normalized spacial score (nSPS) is 18.2. The minimum atomic E-state index is -3.41. The zero-order chi connectivity index (χ0) is 20.4. The van der Waals surface area contributed by atoms with Gasteiger partial charge in [-0.1, -0.05) is 25.0 Å². The number of fused-ring (bicyclic) bond motifs is 1. The van der Waals surface area contributed by atoms with Crippen molar-refractivity contribution in [2.45, 2.75) is 55.8 Å². The van der Waals surface area contributed by atoms with Gasteiger partial charge >= 0.3 is 5.97 Å². The van der Waals surface area contributed by atoms with E-state index >= 15 is 0 Å². The highest BCUT2D eigenvalue weighted by Gasteiger charge is 2.32. The van der Waals surface area contributed by atoms with Crippen LogP contribution in [0.1, 0.15) is 55.1 Å². The van der Waals surface area contributed by atoms with Crippen LogP contribution < -0.4 is 5.32 Å². The number of sulfone groups is 1. The number of anilines is 2. The molecule has 1 aliphatic heterocycles. The van der Waals surface area contributed by atoms with Gasteiger partial charge in [-0.3, -0.25) is 4.79 Å². The van der Waals surface area contributed by atoms with Gasteiger partial charge in [0.1, 0.15) is 10.7 Å². The fourth-order valence-corrected chi connectivity index (χ4v) is 5.70. The number of methoxy groups -OCH3 is 1. The van der Waals surface area contributed by atoms with Crippen LogP contribution in [0.4, 0.5) is 11.5 Å². The summed E-state index contributed by atoms with van der Waals surface area (Å²) < 4.78 is 30.2. The third-order valence-corrected chi connectivity index (χ3v) is 7.48. The quantitative estimate of drug-likeness (QED) is 0.748. The highest BCUT2D eigenvalue weighted by molar-refractivity contribution is 7.91. The van der Waals surface area contributed by atoms with Crippen molar-refractivity contribution in [2.75, 3.05) is 18.2 Å². The molecule has 7 nitrogen and oxygen atoms in total. The number of ether oxygens (including phenoxy) is 1. The van der Waals surface area contributed by atoms with E-state index in [1.807, 2.05) is 24.3 Å². The SMILES string of the molecule is COC(=O)Cc1ccc(Nc2nc(C3CCCC3)nc3c2S(=O)(=O)CCC3)cc1. The summed E-state index contributed by atoms with van der Waals surface area (Å²) in [6.07, 6.45) is 5.86. The Morgan fingerprint density at radius 3 is 2.55 bits per heavy atom. The number of nitrogens with one attached hydrogen (secondary N) is 1. The zero-order valence-corrected chi connectivity index (χ0v) is 17.3. The lowest BCUT2D eigenvalue weighted by Gasteiger charge is -2.21. The lowest BCUT2D eigenvalue weighted by molar-refractivity contribution is -0.139. The number of nitrogens with zero attached hydrogens (tertiary/aromatic N) is 2. The average molecular weight is 416 g/mol. The van der Waals surface area contributed by atoms with E-state index in [0.29, 0.717) is 30.3 Å². The fourth-order valence-electron chi connectivity index (χ4n) is 4.08. The second-order valence-corrected chi connectivity index (χ2v) is 9.73. The van der Waals surface area contributed by atoms with Crippen LogP contribution in [0.2, 0.25) is 0 Å². The maximum absolute atomic E-state index is 12.8. The molecule has 0 bridgehead atoms. The molecule has 1 aromatic carbocycles. The molecule has 2 aliphatic rings. The van der Waals surface area contributed by atoms with E-state index in [-0.39, 0.29) is 23.0 Å². The van der Waals surface area contributed by atoms with Crippen LogP contribution in [0, 0.1) is 0 Å². The first-order valence-electron chi connectivity index (χ1n) is 10.0. The number of aryl methyl sites for hydroxylation is 1. The number of aromatic nitrogens is 2. The van der Waals surface area contributed by atoms with Crippen LogP contribution in [0.25, 0.3) is 0 Å². The number of carbonyl (C=O) groups is 1. The van der Waals surface area contributed by atoms with Gasteiger partial charge in [0.25, 0.3) is 0 Å². The van der Waals surface area contributed by atoms with Crippen molar-refractivity contribution in [3.8, 4) is 0 Å². The van der Waals surface area contributed by atoms with Crippen molar-refractivity contribution in [2.24, 2.45) is 0 Å². The first kappa shape index (κ1) is 19.8. The van der Waals surface area contributed by atoms with Crippen molar-refractivity contribution < 1.29 is 17.9 Å². The minimum Gasteiger partial charge on any atom is -0.469 e. The van der Waals surface area contributed by atoms with E-state index in [9.17, 15) is 13.2 Å². The first-order chi connectivity index (χ1) is 14.0. The molecule has 2 heterocycles. The standard InChI is InChI=1S/C21H25N3O4S/c1-28-18(25)13-14-8-10-16(11-9-14)22-21-19-17(7-4-12-29(19,26)27)23-20(24-21)15-5-2-3-6-15/h8-11,15H,2-7,12-13H2,1H3,(H,22,23,24). The molecule has 0 amide bonds. The summed E-state index contributed by atoms with van der Waals surface area (Å²) in [5.74, 6) is 1.25. The van der Waals surface area contributed by atoms with Crippen molar-refractivity contribution in [3.05, 3.63) is 41.3 Å². The Morgan fingerprint density at radius 2 is 1.86 bits per heavy atom. The Balaban J connectivity index is 1.68. The van der Waals surface area contributed by atoms with E-state index in [0.717, 1.165) is 42.8 Å². The number of benzene rings is 1. The Morgan fingerprint density at radius 1 is 1.14 bits per heavy atom. The van der Waals surface area contributed by atoms with Gasteiger partial charge in [-0.25, -0.2) is 18.4 Å². The molecule has 1 saturated carbocycles. The second-order valence-electron chi connectivity index (χ2n) is 7.68. The molecular formula is C21H25N3O4S. The number of hydrogen-bond acceptors (Lipinski definition) is 7. The van der Waals surface area contributed by atoms with E-state index < -0.39 is 9.84 Å². The molecule has 1 N–H and O–H groups in total. The Kier molecular flexibility index (Phi) is 5.54. The van der Waals surface area contributed by atoms with Crippen molar-refractivity contribution in [3.63, 3.8) is 0 Å². The molecule has 29 heavy (non-hydrogen) atoms. The maximum Gasteiger partial charge on any atom is 0.309 e. The van der Waals surface area contributed by atoms with Gasteiger partial charge < -0.3 is 10.1 Å². The predicted octanol–water partition coefficient (Wildman–Crippen LogP) is 3.31. The van der Waals surface area contributed by atoms with Gasteiger partial charge in [0.15, 0.2) is 15.7 Å². The average Bonchev–Trinajstić information content (AvgIpc) is 3.23. The molecule has 0 spiro atoms. The lowest BCUT2D eigenvalue weighted by Crippen LogP contribution is -2.22. The van der Waals surface area contributed by atoms with E-state index in [1.165, 1.54) is 7.11 Å². The molecule has 1 fully saturated rings. The van der Waals surface area contributed by atoms with Gasteiger partial charge in [-0.2, -0.15) is 0 Å². The Hall–Kier alpha value is -2.48. The highest BCUT2D eigenvalue weighted by Crippen LogP contribution is 2.37. The van der Waals surface area contributed by atoms with Crippen molar-refractivity contribution in [1.29, 1.82) is 0 Å². The van der Waals surface area contributed by atoms with Crippen LogP contribution in [0.5, 0.6) is 0 Å². The molecule has 8 heteroatoms. The zero-order valence-electron chi connectivity index (χ0n) is 16.5. The largest absolute Gasteiger partial charge is 0.469 e. The van der Waals surface area contributed by atoms with Crippen molar-refractivity contribution >= 4 is 27.3 Å². The van der Waals surface area contributed by atoms with Crippen LogP contribution >= 0.6 is 0 Å². The fraction of sp³-hybridized carbons (Fsp3) is 0.476. The Bertz CT molecular complexity index is 1010. The summed E-state index contributed by atoms with van der Waals surface area (Å²) in [7, 11) is -2.05. The molecule has 4 rings (SSSR count). The molecular weight excluding hydrogens is 390 g/mol. The van der Waals surface area contributed by atoms with Gasteiger partial charge in [-0.15, -0.1) is 0 Å². The lowest BCUT2D eigenvalue weighted by atomic mass is 10.1. The Labute approximate surface area is 170 Å². The van der Waals surface area contributed by atoms with Crippen molar-refractivity contribution in [1.82, 2.24) is 9.97 Å². The summed E-state index contributed by atoms with van der Waals surface area (Å²) in [6, 6.07) is 7.27. The van der Waals surface area contributed by atoms with E-state index in [2.05, 4.69) is 20.0 Å². The predicted molar refractivity (Wildman–Crippen MR) is 109 cm³/mol. The molecule has 0 unspecified atom stereocenters. The molecule has 0 radical (unpaired) electrons. The number of hydrogen-bond donors (Lipinski definition) is 1. The second kappa shape index (κ2) is 8.10. The molecule has 1 aliphatic carbocycles. The monoisotopic (exact) mass is 415 g/mol. The molecule has 1 aromatic heterocycles. The molecule has 154 valence electrons. The topological polar surface area (TPSA) is 98.2 Å². The summed E-state index contributed by atoms with van der Waals surface area (Å²) in [5, 5.41) is 3.20. The number of rotatable bonds is 5. The maximum atomic E-state index is 12.8. The minimum absolute atomic E-state index is 0.124. The summed E-state index contributed by atoms with van der Waals surface area (Å²) in [4.78, 5) is 21.0. The van der Waals surface area contributed by atoms with E-state index in [4.69, 9.17) is 0 Å². The highest BCUT2D eigenvalue weighted by atomic mass is 32.2. The molecule has 2 aromatic rings. The van der Waals surface area contributed by atoms with Gasteiger partial charge in [0, 0.05) is 11.6 Å². The third kappa shape index (κ3) is 4.27. The van der Waals surface area contributed by atoms with Gasteiger partial charge in [-0.05, 0) is 43.4 Å².